The first-order valence-electron chi connectivity index (χ1n) is 7.73. The fourth-order valence-electron chi connectivity index (χ4n) is 1.80. The van der Waals surface area contributed by atoms with E-state index in [2.05, 4.69) is 5.32 Å². The number of rotatable bonds is 10. The van der Waals surface area contributed by atoms with E-state index in [1.54, 1.807) is 7.11 Å². The lowest BCUT2D eigenvalue weighted by Gasteiger charge is -2.27. The summed E-state index contributed by atoms with van der Waals surface area (Å²) in [5.41, 5.74) is -0.0761. The van der Waals surface area contributed by atoms with Gasteiger partial charge in [0.05, 0.1) is 6.61 Å². The molecule has 0 unspecified atom stereocenters. The quantitative estimate of drug-likeness (QED) is 0.674. The van der Waals surface area contributed by atoms with Gasteiger partial charge in [0.1, 0.15) is 18.0 Å². The standard InChI is InChI=1S/C17H27NO4/c1-5-11-22-17(3,6-2)16(19)18-14-7-9-15(10-8-14)21-13-12-20-4/h7-10H,5-6,11-13H2,1-4H3,(H,18,19)/t17-/m0/s1. The van der Waals surface area contributed by atoms with E-state index >= 15 is 0 Å². The molecule has 5 nitrogen and oxygen atoms in total. The molecule has 0 bridgehead atoms. The lowest BCUT2D eigenvalue weighted by molar-refractivity contribution is -0.139. The SMILES string of the molecule is CCCO[C@@](C)(CC)C(=O)Nc1ccc(OCCOC)cc1. The molecule has 0 saturated carbocycles. The Bertz CT molecular complexity index is 446. The van der Waals surface area contributed by atoms with Crippen LogP contribution in [-0.2, 0) is 14.3 Å². The van der Waals surface area contributed by atoms with Crippen LogP contribution in [0.5, 0.6) is 5.75 Å². The molecule has 1 aromatic carbocycles. The molecule has 1 N–H and O–H groups in total. The highest BCUT2D eigenvalue weighted by atomic mass is 16.5. The molecular weight excluding hydrogens is 282 g/mol. The van der Waals surface area contributed by atoms with Crippen LogP contribution in [0.25, 0.3) is 0 Å². The topological polar surface area (TPSA) is 56.8 Å². The molecule has 1 rings (SSSR count). The number of carbonyl (C=O) groups excluding carboxylic acids is 1. The van der Waals surface area contributed by atoms with Gasteiger partial charge in [-0.3, -0.25) is 4.79 Å². The van der Waals surface area contributed by atoms with Crippen molar-refractivity contribution in [3.8, 4) is 5.75 Å². The van der Waals surface area contributed by atoms with Crippen LogP contribution in [0, 0.1) is 0 Å². The highest BCUT2D eigenvalue weighted by Gasteiger charge is 2.32. The summed E-state index contributed by atoms with van der Waals surface area (Å²) < 4.78 is 16.1. The predicted octanol–water partition coefficient (Wildman–Crippen LogP) is 3.25. The molecule has 0 radical (unpaired) electrons. The van der Waals surface area contributed by atoms with E-state index in [4.69, 9.17) is 14.2 Å². The molecule has 0 spiro atoms. The Morgan fingerprint density at radius 3 is 2.36 bits per heavy atom. The molecule has 1 atom stereocenters. The molecule has 0 fully saturated rings. The second-order valence-corrected chi connectivity index (χ2v) is 5.25. The molecule has 1 amide bonds. The third kappa shape index (κ3) is 5.66. The molecule has 22 heavy (non-hydrogen) atoms. The summed E-state index contributed by atoms with van der Waals surface area (Å²) in [4.78, 5) is 12.4. The Morgan fingerprint density at radius 1 is 1.14 bits per heavy atom. The molecule has 0 saturated heterocycles. The van der Waals surface area contributed by atoms with Crippen LogP contribution in [0.1, 0.15) is 33.6 Å². The number of hydrogen-bond donors (Lipinski definition) is 1. The van der Waals surface area contributed by atoms with Gasteiger partial charge in [0.15, 0.2) is 0 Å². The zero-order chi connectivity index (χ0) is 16.4. The average molecular weight is 309 g/mol. The van der Waals surface area contributed by atoms with Crippen molar-refractivity contribution in [2.45, 2.75) is 39.2 Å². The number of benzene rings is 1. The maximum absolute atomic E-state index is 12.4. The van der Waals surface area contributed by atoms with Crippen LogP contribution < -0.4 is 10.1 Å². The molecule has 1 aromatic rings. The van der Waals surface area contributed by atoms with Gasteiger partial charge in [-0.05, 0) is 44.0 Å². The van der Waals surface area contributed by atoms with Gasteiger partial charge < -0.3 is 19.5 Å². The largest absolute Gasteiger partial charge is 0.491 e. The summed E-state index contributed by atoms with van der Waals surface area (Å²) in [5.74, 6) is 0.618. The number of carbonyl (C=O) groups is 1. The summed E-state index contributed by atoms with van der Waals surface area (Å²) in [5, 5.41) is 2.89. The van der Waals surface area contributed by atoms with E-state index < -0.39 is 5.60 Å². The fourth-order valence-corrected chi connectivity index (χ4v) is 1.80. The summed E-state index contributed by atoms with van der Waals surface area (Å²) >= 11 is 0. The molecule has 0 aromatic heterocycles. The Hall–Kier alpha value is -1.59. The van der Waals surface area contributed by atoms with E-state index in [0.29, 0.717) is 26.2 Å². The van der Waals surface area contributed by atoms with Crippen molar-refractivity contribution >= 4 is 11.6 Å². The summed E-state index contributed by atoms with van der Waals surface area (Å²) in [6, 6.07) is 7.27. The Kier molecular flexibility index (Phi) is 7.91. The first-order valence-corrected chi connectivity index (χ1v) is 7.73. The van der Waals surface area contributed by atoms with Crippen LogP contribution >= 0.6 is 0 Å². The molecule has 0 aliphatic heterocycles. The average Bonchev–Trinajstić information content (AvgIpc) is 2.54. The minimum Gasteiger partial charge on any atom is -0.491 e. The highest BCUT2D eigenvalue weighted by molar-refractivity contribution is 5.97. The maximum Gasteiger partial charge on any atom is 0.256 e. The summed E-state index contributed by atoms with van der Waals surface area (Å²) in [6.45, 7) is 7.41. The van der Waals surface area contributed by atoms with Gasteiger partial charge in [-0.1, -0.05) is 13.8 Å². The lowest BCUT2D eigenvalue weighted by Crippen LogP contribution is -2.42. The molecule has 0 aliphatic carbocycles. The van der Waals surface area contributed by atoms with E-state index in [1.165, 1.54) is 0 Å². The van der Waals surface area contributed by atoms with Crippen molar-refractivity contribution in [1.82, 2.24) is 0 Å². The van der Waals surface area contributed by atoms with Gasteiger partial charge in [-0.25, -0.2) is 0 Å². The van der Waals surface area contributed by atoms with E-state index in [1.807, 2.05) is 45.0 Å². The Labute approximate surface area is 132 Å². The molecule has 0 aliphatic rings. The van der Waals surface area contributed by atoms with Crippen LogP contribution in [0.3, 0.4) is 0 Å². The van der Waals surface area contributed by atoms with Gasteiger partial charge in [0.25, 0.3) is 5.91 Å². The third-order valence-corrected chi connectivity index (χ3v) is 3.45. The van der Waals surface area contributed by atoms with Crippen LogP contribution in [0.2, 0.25) is 0 Å². The smallest absolute Gasteiger partial charge is 0.256 e. The Balaban J connectivity index is 2.59. The second-order valence-electron chi connectivity index (χ2n) is 5.25. The summed E-state index contributed by atoms with van der Waals surface area (Å²) in [6.07, 6.45) is 1.51. The second kappa shape index (κ2) is 9.43. The normalized spacial score (nSPS) is 13.5. The molecule has 124 valence electrons. The van der Waals surface area contributed by atoms with Gasteiger partial charge >= 0.3 is 0 Å². The first kappa shape index (κ1) is 18.5. The van der Waals surface area contributed by atoms with Crippen molar-refractivity contribution in [1.29, 1.82) is 0 Å². The van der Waals surface area contributed by atoms with Crippen LogP contribution in [0.4, 0.5) is 5.69 Å². The molecule has 0 heterocycles. The number of anilines is 1. The van der Waals surface area contributed by atoms with Gasteiger partial charge in [0, 0.05) is 19.4 Å². The fraction of sp³-hybridized carbons (Fsp3) is 0.588. The lowest BCUT2D eigenvalue weighted by atomic mass is 10.0. The van der Waals surface area contributed by atoms with Crippen molar-refractivity contribution in [3.63, 3.8) is 0 Å². The highest BCUT2D eigenvalue weighted by Crippen LogP contribution is 2.21. The zero-order valence-corrected chi connectivity index (χ0v) is 14.0. The van der Waals surface area contributed by atoms with Crippen molar-refractivity contribution in [3.05, 3.63) is 24.3 Å². The number of hydrogen-bond acceptors (Lipinski definition) is 4. The molecular formula is C17H27NO4. The first-order chi connectivity index (χ1) is 10.6. The van der Waals surface area contributed by atoms with Crippen molar-refractivity contribution in [2.24, 2.45) is 0 Å². The number of amides is 1. The zero-order valence-electron chi connectivity index (χ0n) is 14.0. The number of methoxy groups -OCH3 is 1. The van der Waals surface area contributed by atoms with Crippen molar-refractivity contribution in [2.75, 3.05) is 32.2 Å². The number of ether oxygens (including phenoxy) is 3. The van der Waals surface area contributed by atoms with Gasteiger partial charge in [-0.2, -0.15) is 0 Å². The third-order valence-electron chi connectivity index (χ3n) is 3.45. The van der Waals surface area contributed by atoms with E-state index in [-0.39, 0.29) is 5.91 Å². The Morgan fingerprint density at radius 2 is 1.82 bits per heavy atom. The van der Waals surface area contributed by atoms with E-state index in [0.717, 1.165) is 17.9 Å². The summed E-state index contributed by atoms with van der Waals surface area (Å²) in [7, 11) is 1.63. The minimum absolute atomic E-state index is 0.128. The predicted molar refractivity (Wildman–Crippen MR) is 87.4 cm³/mol. The minimum atomic E-state index is -0.802. The molecule has 5 heteroatoms. The maximum atomic E-state index is 12.4. The van der Waals surface area contributed by atoms with Gasteiger partial charge in [0.2, 0.25) is 0 Å². The van der Waals surface area contributed by atoms with Crippen LogP contribution in [0.15, 0.2) is 24.3 Å². The monoisotopic (exact) mass is 309 g/mol. The number of nitrogens with one attached hydrogen (secondary N) is 1. The van der Waals surface area contributed by atoms with E-state index in [9.17, 15) is 4.79 Å². The van der Waals surface area contributed by atoms with Crippen LogP contribution in [-0.4, -0.2) is 38.4 Å². The van der Waals surface area contributed by atoms with Gasteiger partial charge in [-0.15, -0.1) is 0 Å². The van der Waals surface area contributed by atoms with Crippen molar-refractivity contribution < 1.29 is 19.0 Å².